The summed E-state index contributed by atoms with van der Waals surface area (Å²) in [6.07, 6.45) is 2.43. The van der Waals surface area contributed by atoms with Crippen LogP contribution < -0.4 is 0 Å². The molecule has 0 bridgehead atoms. The summed E-state index contributed by atoms with van der Waals surface area (Å²) in [6.45, 7) is 0.237. The van der Waals surface area contributed by atoms with Crippen LogP contribution in [0.4, 0.5) is 0 Å². The number of hydrogen-bond donors (Lipinski definition) is 0. The average molecular weight is 134 g/mol. The number of aldehydes is 1. The van der Waals surface area contributed by atoms with E-state index in [9.17, 15) is 4.79 Å². The summed E-state index contributed by atoms with van der Waals surface area (Å²) in [5.41, 5.74) is 0.543. The van der Waals surface area contributed by atoms with E-state index in [2.05, 4.69) is 0 Å². The Bertz CT molecular complexity index is 269. The fraction of sp³-hybridized carbons (Fsp3) is 0.143. The lowest BCUT2D eigenvalue weighted by Gasteiger charge is -1.94. The molecule has 0 N–H and O–H groups in total. The quantitative estimate of drug-likeness (QED) is 0.562. The van der Waals surface area contributed by atoms with E-state index in [1.54, 1.807) is 22.9 Å². The van der Waals surface area contributed by atoms with E-state index < -0.39 is 0 Å². The summed E-state index contributed by atoms with van der Waals surface area (Å²) in [7, 11) is 0. The van der Waals surface area contributed by atoms with Gasteiger partial charge in [-0.3, -0.25) is 4.79 Å². The average Bonchev–Trinajstić information content (AvgIpc) is 2.36. The fourth-order valence-corrected chi connectivity index (χ4v) is 0.754. The molecule has 50 valence electrons. The van der Waals surface area contributed by atoms with Crippen molar-refractivity contribution in [1.82, 2.24) is 4.57 Å². The van der Waals surface area contributed by atoms with E-state index >= 15 is 0 Å². The maximum atomic E-state index is 10.2. The van der Waals surface area contributed by atoms with Crippen LogP contribution in [0.3, 0.4) is 0 Å². The van der Waals surface area contributed by atoms with Crippen molar-refractivity contribution in [2.24, 2.45) is 0 Å². The van der Waals surface area contributed by atoms with Gasteiger partial charge >= 0.3 is 0 Å². The second-order valence-corrected chi connectivity index (χ2v) is 1.84. The zero-order valence-corrected chi connectivity index (χ0v) is 5.32. The minimum atomic E-state index is 0.237. The van der Waals surface area contributed by atoms with Crippen LogP contribution in [0.25, 0.3) is 0 Å². The van der Waals surface area contributed by atoms with E-state index in [1.807, 2.05) is 6.07 Å². The van der Waals surface area contributed by atoms with Crippen LogP contribution >= 0.6 is 0 Å². The van der Waals surface area contributed by atoms with Crippen molar-refractivity contribution in [1.29, 1.82) is 5.26 Å². The highest BCUT2D eigenvalue weighted by Gasteiger charge is 1.95. The minimum Gasteiger partial charge on any atom is -0.332 e. The summed E-state index contributed by atoms with van der Waals surface area (Å²) >= 11 is 0. The molecular formula is C7H6N2O. The maximum absolute atomic E-state index is 10.2. The Hall–Kier alpha value is -1.56. The molecule has 0 amide bonds. The number of rotatable bonds is 2. The molecule has 3 heteroatoms. The monoisotopic (exact) mass is 134 g/mol. The third-order valence-electron chi connectivity index (χ3n) is 1.23. The summed E-state index contributed by atoms with van der Waals surface area (Å²) in [5.74, 6) is 0. The molecule has 0 spiro atoms. The number of nitriles is 1. The molecule has 10 heavy (non-hydrogen) atoms. The molecule has 0 aliphatic rings. The molecule has 0 aromatic carbocycles. The predicted octanol–water partition coefficient (Wildman–Crippen LogP) is 0.824. The van der Waals surface area contributed by atoms with Gasteiger partial charge in [-0.05, 0) is 12.1 Å². The Balaban J connectivity index is 2.92. The van der Waals surface area contributed by atoms with Crippen LogP contribution in [0.2, 0.25) is 0 Å². The molecule has 0 unspecified atom stereocenters. The van der Waals surface area contributed by atoms with Gasteiger partial charge in [0, 0.05) is 6.20 Å². The molecule has 0 saturated carbocycles. The van der Waals surface area contributed by atoms with Gasteiger partial charge in [-0.1, -0.05) is 0 Å². The van der Waals surface area contributed by atoms with Gasteiger partial charge in [-0.2, -0.15) is 5.26 Å². The van der Waals surface area contributed by atoms with Gasteiger partial charge in [0.1, 0.15) is 6.54 Å². The molecule has 0 atom stereocenters. The number of hydrogen-bond acceptors (Lipinski definition) is 2. The first-order valence-corrected chi connectivity index (χ1v) is 2.85. The first-order chi connectivity index (χ1) is 4.88. The zero-order valence-electron chi connectivity index (χ0n) is 5.32. The minimum absolute atomic E-state index is 0.237. The largest absolute Gasteiger partial charge is 0.332 e. The lowest BCUT2D eigenvalue weighted by molar-refractivity contribution is 0.111. The molecule has 0 aliphatic carbocycles. The van der Waals surface area contributed by atoms with Gasteiger partial charge in [0.25, 0.3) is 0 Å². The van der Waals surface area contributed by atoms with Gasteiger partial charge in [-0.15, -0.1) is 0 Å². The Morgan fingerprint density at radius 3 is 3.20 bits per heavy atom. The Kier molecular flexibility index (Phi) is 1.86. The van der Waals surface area contributed by atoms with Gasteiger partial charge < -0.3 is 4.57 Å². The number of carbonyl (C=O) groups excluding carboxylic acids is 1. The fourth-order valence-electron chi connectivity index (χ4n) is 0.754. The smallest absolute Gasteiger partial charge is 0.166 e. The summed E-state index contributed by atoms with van der Waals surface area (Å²) in [4.78, 5) is 10.2. The molecule has 0 saturated heterocycles. The van der Waals surface area contributed by atoms with Crippen LogP contribution in [-0.2, 0) is 6.54 Å². The molecule has 3 nitrogen and oxygen atoms in total. The molecule has 1 aromatic heterocycles. The molecular weight excluding hydrogens is 128 g/mol. The van der Waals surface area contributed by atoms with Crippen LogP contribution in [0, 0.1) is 11.3 Å². The van der Waals surface area contributed by atoms with E-state index in [1.165, 1.54) is 0 Å². The number of nitrogens with zero attached hydrogens (tertiary/aromatic N) is 2. The Morgan fingerprint density at radius 1 is 1.80 bits per heavy atom. The normalized spacial score (nSPS) is 8.70. The topological polar surface area (TPSA) is 45.8 Å². The highest BCUT2D eigenvalue weighted by molar-refractivity contribution is 5.72. The highest BCUT2D eigenvalue weighted by Crippen LogP contribution is 1.96. The predicted molar refractivity (Wildman–Crippen MR) is 35.4 cm³/mol. The summed E-state index contributed by atoms with van der Waals surface area (Å²) in [6, 6.07) is 5.36. The second-order valence-electron chi connectivity index (χ2n) is 1.84. The molecule has 0 radical (unpaired) electrons. The van der Waals surface area contributed by atoms with Gasteiger partial charge in [-0.25, -0.2) is 0 Å². The van der Waals surface area contributed by atoms with Gasteiger partial charge in [0.15, 0.2) is 6.29 Å². The van der Waals surface area contributed by atoms with Crippen LogP contribution in [0.5, 0.6) is 0 Å². The second kappa shape index (κ2) is 2.83. The Labute approximate surface area is 58.5 Å². The van der Waals surface area contributed by atoms with Crippen molar-refractivity contribution in [3.8, 4) is 6.07 Å². The van der Waals surface area contributed by atoms with Crippen molar-refractivity contribution < 1.29 is 4.79 Å². The SMILES string of the molecule is N#CCn1cccc1C=O. The molecule has 1 heterocycles. The standard InChI is InChI=1S/C7H6N2O/c8-3-5-9-4-1-2-7(9)6-10/h1-2,4,6H,5H2. The molecule has 1 rings (SSSR count). The van der Waals surface area contributed by atoms with E-state index in [-0.39, 0.29) is 6.54 Å². The summed E-state index contributed by atoms with van der Waals surface area (Å²) in [5, 5.41) is 8.27. The summed E-state index contributed by atoms with van der Waals surface area (Å²) < 4.78 is 1.59. The first-order valence-electron chi connectivity index (χ1n) is 2.85. The Morgan fingerprint density at radius 2 is 2.60 bits per heavy atom. The van der Waals surface area contributed by atoms with Crippen LogP contribution in [0.1, 0.15) is 10.5 Å². The van der Waals surface area contributed by atoms with Crippen molar-refractivity contribution in [3.05, 3.63) is 24.0 Å². The first kappa shape index (κ1) is 6.56. The number of aromatic nitrogens is 1. The van der Waals surface area contributed by atoms with E-state index in [4.69, 9.17) is 5.26 Å². The van der Waals surface area contributed by atoms with Gasteiger partial charge in [0.2, 0.25) is 0 Å². The lowest BCUT2D eigenvalue weighted by atomic mass is 10.5. The number of carbonyl (C=O) groups is 1. The third kappa shape index (κ3) is 1.06. The maximum Gasteiger partial charge on any atom is 0.166 e. The van der Waals surface area contributed by atoms with Crippen LogP contribution in [0.15, 0.2) is 18.3 Å². The van der Waals surface area contributed by atoms with E-state index in [0.29, 0.717) is 5.69 Å². The van der Waals surface area contributed by atoms with Crippen molar-refractivity contribution >= 4 is 6.29 Å². The van der Waals surface area contributed by atoms with Crippen molar-refractivity contribution in [2.45, 2.75) is 6.54 Å². The van der Waals surface area contributed by atoms with Gasteiger partial charge in [0.05, 0.1) is 11.8 Å². The molecule has 1 aromatic rings. The van der Waals surface area contributed by atoms with E-state index in [0.717, 1.165) is 6.29 Å². The molecule has 0 fully saturated rings. The lowest BCUT2D eigenvalue weighted by Crippen LogP contribution is -1.97. The van der Waals surface area contributed by atoms with Crippen LogP contribution in [-0.4, -0.2) is 10.9 Å². The van der Waals surface area contributed by atoms with Crippen molar-refractivity contribution in [3.63, 3.8) is 0 Å². The van der Waals surface area contributed by atoms with Crippen molar-refractivity contribution in [2.75, 3.05) is 0 Å². The molecule has 0 aliphatic heterocycles. The zero-order chi connectivity index (χ0) is 7.40. The highest BCUT2D eigenvalue weighted by atomic mass is 16.1. The third-order valence-corrected chi connectivity index (χ3v) is 1.23.